The number of nitrogens with one attached hydrogen (secondary N) is 2. The van der Waals surface area contributed by atoms with Gasteiger partial charge in [0.25, 0.3) is 0 Å². The highest BCUT2D eigenvalue weighted by atomic mass is 35.5. The third-order valence-electron chi connectivity index (χ3n) is 3.44. The van der Waals surface area contributed by atoms with Gasteiger partial charge in [-0.2, -0.15) is 0 Å². The number of hydrogen-bond acceptors (Lipinski definition) is 3. The second kappa shape index (κ2) is 8.88. The summed E-state index contributed by atoms with van der Waals surface area (Å²) in [6.07, 6.45) is 10.5. The summed E-state index contributed by atoms with van der Waals surface area (Å²) in [5, 5.41) is 0. The van der Waals surface area contributed by atoms with Crippen molar-refractivity contribution in [1.82, 2.24) is 15.8 Å². The van der Waals surface area contributed by atoms with E-state index in [1.54, 1.807) is 12.4 Å². The molecule has 1 fully saturated rings. The van der Waals surface area contributed by atoms with E-state index >= 15 is 0 Å². The van der Waals surface area contributed by atoms with Gasteiger partial charge in [0.05, 0.1) is 0 Å². The number of nitrogens with zero attached hydrogens (tertiary/aromatic N) is 1. The number of carbonyl (C=O) groups is 1. The molecule has 0 saturated heterocycles. The molecule has 2 rings (SSSR count). The number of halogens is 1. The maximum atomic E-state index is 11.7. The third-order valence-corrected chi connectivity index (χ3v) is 3.44. The summed E-state index contributed by atoms with van der Waals surface area (Å²) < 4.78 is 0. The Morgan fingerprint density at radius 3 is 2.79 bits per heavy atom. The minimum atomic E-state index is 0. The molecule has 0 aromatic carbocycles. The molecule has 4 nitrogen and oxygen atoms in total. The van der Waals surface area contributed by atoms with Gasteiger partial charge in [-0.05, 0) is 30.4 Å². The molecule has 2 N–H and O–H groups in total. The van der Waals surface area contributed by atoms with Crippen LogP contribution < -0.4 is 10.9 Å². The minimum Gasteiger partial charge on any atom is -0.291 e. The summed E-state index contributed by atoms with van der Waals surface area (Å²) in [7, 11) is 0. The predicted octanol–water partition coefficient (Wildman–Crippen LogP) is 2.59. The lowest BCUT2D eigenvalue weighted by molar-refractivity contribution is -0.123. The standard InChI is InChI=1S/C14H21N3O.ClH/c18-14(9-12-5-2-1-3-6-12)17-16-11-13-7-4-8-15-10-13;/h4,7-8,10,12,16H,1-3,5-6,9,11H2,(H,17,18);1H. The number of carbonyl (C=O) groups excluding carboxylic acids is 1. The van der Waals surface area contributed by atoms with Crippen molar-refractivity contribution in [2.45, 2.75) is 45.1 Å². The SMILES string of the molecule is Cl.O=C(CC1CCCCC1)NNCc1cccnc1. The van der Waals surface area contributed by atoms with Crippen LogP contribution in [0.1, 0.15) is 44.1 Å². The molecule has 1 aliphatic carbocycles. The number of aromatic nitrogens is 1. The van der Waals surface area contributed by atoms with E-state index in [1.165, 1.54) is 32.1 Å². The van der Waals surface area contributed by atoms with Gasteiger partial charge in [-0.25, -0.2) is 5.43 Å². The minimum absolute atomic E-state index is 0. The fourth-order valence-corrected chi connectivity index (χ4v) is 2.45. The summed E-state index contributed by atoms with van der Waals surface area (Å²) in [5.41, 5.74) is 6.78. The lowest BCUT2D eigenvalue weighted by Gasteiger charge is -2.20. The van der Waals surface area contributed by atoms with E-state index < -0.39 is 0 Å². The Morgan fingerprint density at radius 2 is 2.11 bits per heavy atom. The molecule has 0 radical (unpaired) electrons. The van der Waals surface area contributed by atoms with Crippen LogP contribution in [0.5, 0.6) is 0 Å². The number of rotatable bonds is 5. The Hall–Kier alpha value is -1.13. The van der Waals surface area contributed by atoms with Crippen LogP contribution in [0.4, 0.5) is 0 Å². The normalized spacial score (nSPS) is 15.6. The lowest BCUT2D eigenvalue weighted by Crippen LogP contribution is -2.37. The molecule has 1 aliphatic rings. The molecular weight excluding hydrogens is 262 g/mol. The first-order valence-corrected chi connectivity index (χ1v) is 6.75. The fourth-order valence-electron chi connectivity index (χ4n) is 2.45. The molecule has 1 heterocycles. The molecule has 1 aromatic rings. The van der Waals surface area contributed by atoms with E-state index in [2.05, 4.69) is 15.8 Å². The molecule has 5 heteroatoms. The van der Waals surface area contributed by atoms with E-state index in [9.17, 15) is 4.79 Å². The Balaban J connectivity index is 0.00000180. The Labute approximate surface area is 120 Å². The van der Waals surface area contributed by atoms with Gasteiger partial charge in [-0.15, -0.1) is 12.4 Å². The number of pyridine rings is 1. The summed E-state index contributed by atoms with van der Waals surface area (Å²) in [5.74, 6) is 0.685. The van der Waals surface area contributed by atoms with Crippen LogP contribution in [-0.2, 0) is 11.3 Å². The summed E-state index contributed by atoms with van der Waals surface area (Å²) >= 11 is 0. The molecule has 0 unspecified atom stereocenters. The molecule has 19 heavy (non-hydrogen) atoms. The summed E-state index contributed by atoms with van der Waals surface area (Å²) in [6, 6.07) is 3.87. The smallest absolute Gasteiger partial charge is 0.234 e. The van der Waals surface area contributed by atoms with E-state index in [0.717, 1.165) is 5.56 Å². The zero-order chi connectivity index (χ0) is 12.6. The van der Waals surface area contributed by atoms with Gasteiger partial charge in [0.15, 0.2) is 0 Å². The highest BCUT2D eigenvalue weighted by Crippen LogP contribution is 2.25. The second-order valence-electron chi connectivity index (χ2n) is 4.97. The van der Waals surface area contributed by atoms with E-state index in [1.807, 2.05) is 12.1 Å². The van der Waals surface area contributed by atoms with Crippen molar-refractivity contribution in [3.05, 3.63) is 30.1 Å². The van der Waals surface area contributed by atoms with E-state index in [4.69, 9.17) is 0 Å². The maximum absolute atomic E-state index is 11.7. The van der Waals surface area contributed by atoms with Crippen LogP contribution in [0.25, 0.3) is 0 Å². The van der Waals surface area contributed by atoms with Gasteiger partial charge in [0.1, 0.15) is 0 Å². The first-order chi connectivity index (χ1) is 8.84. The van der Waals surface area contributed by atoms with Crippen molar-refractivity contribution >= 4 is 18.3 Å². The summed E-state index contributed by atoms with van der Waals surface area (Å²) in [6.45, 7) is 0.615. The van der Waals surface area contributed by atoms with Crippen LogP contribution in [0.2, 0.25) is 0 Å². The number of hydrogen-bond donors (Lipinski definition) is 2. The van der Waals surface area contributed by atoms with Gasteiger partial charge >= 0.3 is 0 Å². The predicted molar refractivity (Wildman–Crippen MR) is 77.7 cm³/mol. The van der Waals surface area contributed by atoms with Crippen LogP contribution in [0.15, 0.2) is 24.5 Å². The van der Waals surface area contributed by atoms with Gasteiger partial charge < -0.3 is 0 Å². The molecule has 1 aromatic heterocycles. The maximum Gasteiger partial charge on any atom is 0.234 e. The van der Waals surface area contributed by atoms with E-state index in [-0.39, 0.29) is 18.3 Å². The first kappa shape index (κ1) is 15.9. The van der Waals surface area contributed by atoms with Crippen molar-refractivity contribution in [3.63, 3.8) is 0 Å². The van der Waals surface area contributed by atoms with Gasteiger partial charge in [-0.1, -0.05) is 25.3 Å². The van der Waals surface area contributed by atoms with Crippen molar-refractivity contribution < 1.29 is 4.79 Å². The van der Waals surface area contributed by atoms with Crippen LogP contribution in [0.3, 0.4) is 0 Å². The molecule has 1 amide bonds. The monoisotopic (exact) mass is 283 g/mol. The molecule has 0 aliphatic heterocycles. The average molecular weight is 284 g/mol. The largest absolute Gasteiger partial charge is 0.291 e. The molecule has 0 spiro atoms. The fraction of sp³-hybridized carbons (Fsp3) is 0.571. The van der Waals surface area contributed by atoms with Crippen molar-refractivity contribution in [1.29, 1.82) is 0 Å². The Bertz CT molecular complexity index is 366. The highest BCUT2D eigenvalue weighted by molar-refractivity contribution is 5.85. The van der Waals surface area contributed by atoms with Crippen LogP contribution >= 0.6 is 12.4 Å². The second-order valence-corrected chi connectivity index (χ2v) is 4.97. The van der Waals surface area contributed by atoms with Crippen LogP contribution in [0, 0.1) is 5.92 Å². The van der Waals surface area contributed by atoms with Gasteiger partial charge in [0.2, 0.25) is 5.91 Å². The van der Waals surface area contributed by atoms with Crippen molar-refractivity contribution in [2.75, 3.05) is 0 Å². The molecule has 0 atom stereocenters. The Morgan fingerprint density at radius 1 is 1.32 bits per heavy atom. The molecular formula is C14H22ClN3O. The number of amides is 1. The zero-order valence-corrected chi connectivity index (χ0v) is 11.9. The molecule has 106 valence electrons. The number of hydrazine groups is 1. The lowest BCUT2D eigenvalue weighted by atomic mass is 9.87. The molecule has 1 saturated carbocycles. The van der Waals surface area contributed by atoms with Crippen molar-refractivity contribution in [3.8, 4) is 0 Å². The molecule has 0 bridgehead atoms. The topological polar surface area (TPSA) is 54.0 Å². The van der Waals surface area contributed by atoms with E-state index in [0.29, 0.717) is 18.9 Å². The zero-order valence-electron chi connectivity index (χ0n) is 11.1. The van der Waals surface area contributed by atoms with Gasteiger partial charge in [0, 0.05) is 25.4 Å². The van der Waals surface area contributed by atoms with Gasteiger partial charge in [-0.3, -0.25) is 15.2 Å². The highest BCUT2D eigenvalue weighted by Gasteiger charge is 2.16. The third kappa shape index (κ3) is 6.03. The average Bonchev–Trinajstić information content (AvgIpc) is 2.41. The first-order valence-electron chi connectivity index (χ1n) is 6.75. The quantitative estimate of drug-likeness (QED) is 0.817. The summed E-state index contributed by atoms with van der Waals surface area (Å²) in [4.78, 5) is 15.7. The Kier molecular flexibility index (Phi) is 7.45. The van der Waals surface area contributed by atoms with Crippen LogP contribution in [-0.4, -0.2) is 10.9 Å². The van der Waals surface area contributed by atoms with Crippen molar-refractivity contribution in [2.24, 2.45) is 5.92 Å².